The fraction of sp³-hybridized carbons (Fsp3) is 0.417. The smallest absolute Gasteiger partial charge is 0.210 e. The molecule has 1 fully saturated rings. The molecule has 0 saturated heterocycles. The van der Waals surface area contributed by atoms with Gasteiger partial charge in [0.15, 0.2) is 0 Å². The number of rotatable bonds is 2. The van der Waals surface area contributed by atoms with E-state index < -0.39 is 0 Å². The summed E-state index contributed by atoms with van der Waals surface area (Å²) in [4.78, 5) is 4.51. The van der Waals surface area contributed by atoms with E-state index >= 15 is 0 Å². The van der Waals surface area contributed by atoms with Crippen molar-refractivity contribution in [2.24, 2.45) is 10.8 Å². The summed E-state index contributed by atoms with van der Waals surface area (Å²) in [5, 5.41) is 3.05. The number of nitrogens with two attached hydrogens (primary N) is 1. The van der Waals surface area contributed by atoms with E-state index in [4.69, 9.17) is 5.84 Å². The number of hydrogen-bond acceptors (Lipinski definition) is 2. The highest BCUT2D eigenvalue weighted by atomic mass is 79.9. The summed E-state index contributed by atoms with van der Waals surface area (Å²) in [5.41, 5.74) is 3.27. The molecule has 0 heterocycles. The Labute approximate surface area is 114 Å². The van der Waals surface area contributed by atoms with Crippen LogP contribution in [0.15, 0.2) is 27.7 Å². The van der Waals surface area contributed by atoms with E-state index in [1.165, 1.54) is 25.0 Å². The molecule has 1 saturated carbocycles. The van der Waals surface area contributed by atoms with E-state index in [9.17, 15) is 4.39 Å². The van der Waals surface area contributed by atoms with Crippen molar-refractivity contribution < 1.29 is 4.39 Å². The maximum Gasteiger partial charge on any atom is 0.210 e. The predicted molar refractivity (Wildman–Crippen MR) is 74.7 cm³/mol. The molecule has 0 spiro atoms. The van der Waals surface area contributed by atoms with Gasteiger partial charge in [-0.1, -0.05) is 12.8 Å². The zero-order chi connectivity index (χ0) is 13.0. The Kier molecular flexibility index (Phi) is 4.54. The third-order valence-corrected chi connectivity index (χ3v) is 3.61. The molecule has 0 bridgehead atoms. The van der Waals surface area contributed by atoms with Crippen molar-refractivity contribution in [3.63, 3.8) is 0 Å². The Bertz CT molecular complexity index is 444. The van der Waals surface area contributed by atoms with Crippen LogP contribution in [0.5, 0.6) is 0 Å². The number of aliphatic imine (C=N–C) groups is 1. The van der Waals surface area contributed by atoms with Crippen molar-refractivity contribution in [3.05, 3.63) is 28.5 Å². The Morgan fingerprint density at radius 2 is 2.11 bits per heavy atom. The molecule has 6 heteroatoms. The van der Waals surface area contributed by atoms with E-state index in [0.717, 1.165) is 18.5 Å². The molecular weight excluding hydrogens is 299 g/mol. The van der Waals surface area contributed by atoms with Gasteiger partial charge in [0.25, 0.3) is 0 Å². The van der Waals surface area contributed by atoms with E-state index in [2.05, 4.69) is 31.7 Å². The van der Waals surface area contributed by atoms with Gasteiger partial charge in [-0.2, -0.15) is 0 Å². The van der Waals surface area contributed by atoms with Crippen LogP contribution in [-0.4, -0.2) is 12.0 Å². The van der Waals surface area contributed by atoms with Gasteiger partial charge in [0.05, 0.1) is 11.7 Å². The van der Waals surface area contributed by atoms with Gasteiger partial charge < -0.3 is 5.32 Å². The van der Waals surface area contributed by atoms with Gasteiger partial charge in [-0.05, 0) is 47.0 Å². The molecular formula is C12H16BrFN4. The lowest BCUT2D eigenvalue weighted by atomic mass is 10.3. The van der Waals surface area contributed by atoms with E-state index in [1.807, 2.05) is 0 Å². The first-order valence-electron chi connectivity index (χ1n) is 5.95. The quantitative estimate of drug-likeness (QED) is 0.340. The Balaban J connectivity index is 2.09. The van der Waals surface area contributed by atoms with Crippen LogP contribution in [0.3, 0.4) is 0 Å². The Morgan fingerprint density at radius 3 is 2.72 bits per heavy atom. The standard InChI is InChI=1S/C12H16BrFN4/c13-10-7-8(14)5-6-11(10)17-12(18-15)16-9-3-1-2-4-9/h5-7,9H,1-4,15H2,(H2,16,17,18). The maximum absolute atomic E-state index is 13.0. The minimum atomic E-state index is -0.289. The summed E-state index contributed by atoms with van der Waals surface area (Å²) in [7, 11) is 0. The number of anilines is 1. The monoisotopic (exact) mass is 314 g/mol. The number of halogens is 2. The highest BCUT2D eigenvalue weighted by Crippen LogP contribution is 2.24. The van der Waals surface area contributed by atoms with Gasteiger partial charge in [-0.25, -0.2) is 15.2 Å². The van der Waals surface area contributed by atoms with Crippen molar-refractivity contribution >= 4 is 27.6 Å². The molecule has 0 unspecified atom stereocenters. The van der Waals surface area contributed by atoms with Crippen LogP contribution in [-0.2, 0) is 0 Å². The molecule has 98 valence electrons. The SMILES string of the molecule is NNC(=NC1CCCC1)Nc1ccc(F)cc1Br. The molecule has 1 aliphatic carbocycles. The van der Waals surface area contributed by atoms with Gasteiger partial charge in [0.1, 0.15) is 5.82 Å². The van der Waals surface area contributed by atoms with Crippen LogP contribution in [0.2, 0.25) is 0 Å². The lowest BCUT2D eigenvalue weighted by Gasteiger charge is -2.13. The number of benzene rings is 1. The van der Waals surface area contributed by atoms with Crippen molar-refractivity contribution in [3.8, 4) is 0 Å². The highest BCUT2D eigenvalue weighted by Gasteiger charge is 2.15. The van der Waals surface area contributed by atoms with Crippen LogP contribution in [0, 0.1) is 5.82 Å². The summed E-state index contributed by atoms with van der Waals surface area (Å²) >= 11 is 3.29. The Hall–Kier alpha value is -1.14. The average molecular weight is 315 g/mol. The zero-order valence-corrected chi connectivity index (χ0v) is 11.5. The number of hydrazine groups is 1. The first-order chi connectivity index (χ1) is 8.69. The van der Waals surface area contributed by atoms with Crippen molar-refractivity contribution in [1.29, 1.82) is 0 Å². The average Bonchev–Trinajstić information content (AvgIpc) is 2.84. The third kappa shape index (κ3) is 3.43. The van der Waals surface area contributed by atoms with Crippen molar-refractivity contribution in [1.82, 2.24) is 5.43 Å². The summed E-state index contributed by atoms with van der Waals surface area (Å²) < 4.78 is 13.6. The van der Waals surface area contributed by atoms with Crippen molar-refractivity contribution in [2.45, 2.75) is 31.7 Å². The molecule has 1 aliphatic rings. The summed E-state index contributed by atoms with van der Waals surface area (Å²) in [6.07, 6.45) is 4.62. The zero-order valence-electron chi connectivity index (χ0n) is 9.92. The summed E-state index contributed by atoms with van der Waals surface area (Å²) in [6.45, 7) is 0. The molecule has 0 atom stereocenters. The molecule has 0 radical (unpaired) electrons. The topological polar surface area (TPSA) is 62.4 Å². The molecule has 0 aromatic heterocycles. The first-order valence-corrected chi connectivity index (χ1v) is 6.75. The fourth-order valence-electron chi connectivity index (χ4n) is 2.04. The second kappa shape index (κ2) is 6.15. The van der Waals surface area contributed by atoms with Gasteiger partial charge >= 0.3 is 0 Å². The summed E-state index contributed by atoms with van der Waals surface area (Å²) in [5.74, 6) is 5.67. The number of hydrogen-bond donors (Lipinski definition) is 3. The van der Waals surface area contributed by atoms with Crippen LogP contribution in [0.25, 0.3) is 0 Å². The van der Waals surface area contributed by atoms with Gasteiger partial charge in [0.2, 0.25) is 5.96 Å². The van der Waals surface area contributed by atoms with Gasteiger partial charge in [-0.3, -0.25) is 5.43 Å². The minimum Gasteiger partial charge on any atom is -0.324 e. The van der Waals surface area contributed by atoms with Gasteiger partial charge in [0, 0.05) is 4.47 Å². The molecule has 2 rings (SSSR count). The molecule has 1 aromatic rings. The van der Waals surface area contributed by atoms with E-state index in [1.54, 1.807) is 6.07 Å². The largest absolute Gasteiger partial charge is 0.324 e. The number of nitrogens with one attached hydrogen (secondary N) is 2. The van der Waals surface area contributed by atoms with Crippen LogP contribution >= 0.6 is 15.9 Å². The number of nitrogens with zero attached hydrogens (tertiary/aromatic N) is 1. The van der Waals surface area contributed by atoms with Crippen LogP contribution < -0.4 is 16.6 Å². The molecule has 1 aromatic carbocycles. The molecule has 4 nitrogen and oxygen atoms in total. The summed E-state index contributed by atoms with van der Waals surface area (Å²) in [6, 6.07) is 4.74. The molecule has 4 N–H and O–H groups in total. The third-order valence-electron chi connectivity index (χ3n) is 2.96. The van der Waals surface area contributed by atoms with E-state index in [0.29, 0.717) is 16.5 Å². The lowest BCUT2D eigenvalue weighted by molar-refractivity contribution is 0.627. The molecule has 0 amide bonds. The maximum atomic E-state index is 13.0. The second-order valence-corrected chi connectivity index (χ2v) is 5.16. The fourth-order valence-corrected chi connectivity index (χ4v) is 2.49. The van der Waals surface area contributed by atoms with Crippen LogP contribution in [0.1, 0.15) is 25.7 Å². The highest BCUT2D eigenvalue weighted by molar-refractivity contribution is 9.10. The lowest BCUT2D eigenvalue weighted by Crippen LogP contribution is -2.37. The normalized spacial score (nSPS) is 16.9. The van der Waals surface area contributed by atoms with Crippen LogP contribution in [0.4, 0.5) is 10.1 Å². The van der Waals surface area contributed by atoms with E-state index in [-0.39, 0.29) is 5.82 Å². The molecule has 18 heavy (non-hydrogen) atoms. The van der Waals surface area contributed by atoms with Gasteiger partial charge in [-0.15, -0.1) is 0 Å². The number of guanidine groups is 1. The first kappa shape index (κ1) is 13.3. The van der Waals surface area contributed by atoms with Crippen molar-refractivity contribution in [2.75, 3.05) is 5.32 Å². The molecule has 0 aliphatic heterocycles. The minimum absolute atomic E-state index is 0.289. The second-order valence-electron chi connectivity index (χ2n) is 4.31. The Morgan fingerprint density at radius 1 is 1.39 bits per heavy atom. The predicted octanol–water partition coefficient (Wildman–Crippen LogP) is 2.76.